The maximum absolute atomic E-state index is 13.7. The van der Waals surface area contributed by atoms with E-state index in [9.17, 15) is 4.79 Å². The second kappa shape index (κ2) is 10.9. The summed E-state index contributed by atoms with van der Waals surface area (Å²) in [6, 6.07) is 29.2. The average molecular weight is 544 g/mol. The highest BCUT2D eigenvalue weighted by molar-refractivity contribution is 6.00. The topological polar surface area (TPSA) is 47.4 Å². The monoisotopic (exact) mass is 543 g/mol. The molecule has 0 radical (unpaired) electrons. The van der Waals surface area contributed by atoms with Gasteiger partial charge in [0, 0.05) is 53.5 Å². The summed E-state index contributed by atoms with van der Waals surface area (Å²) >= 11 is 0. The molecule has 0 fully saturated rings. The first kappa shape index (κ1) is 26.8. The molecule has 0 bridgehead atoms. The Morgan fingerprint density at radius 2 is 1.66 bits per heavy atom. The number of hydrogen-bond donors (Lipinski definition) is 0. The number of benzene rings is 3. The molecule has 5 nitrogen and oxygen atoms in total. The zero-order valence-corrected chi connectivity index (χ0v) is 24.4. The van der Waals surface area contributed by atoms with Crippen LogP contribution in [0.1, 0.15) is 66.4 Å². The van der Waals surface area contributed by atoms with Crippen molar-refractivity contribution in [2.24, 2.45) is 0 Å². The number of cyclic esters (lactones) is 1. The predicted octanol–water partition coefficient (Wildman–Crippen LogP) is 8.12. The summed E-state index contributed by atoms with van der Waals surface area (Å²) in [6.45, 7) is 11.4. The molecular weight excluding hydrogens is 506 g/mol. The van der Waals surface area contributed by atoms with E-state index in [1.165, 1.54) is 0 Å². The molecular formula is C36H37N3O2. The van der Waals surface area contributed by atoms with E-state index in [2.05, 4.69) is 104 Å². The molecule has 1 aliphatic rings. The smallest absolute Gasteiger partial charge is 0.341 e. The zero-order chi connectivity index (χ0) is 28.6. The Hall–Kier alpha value is -4.38. The van der Waals surface area contributed by atoms with Crippen LogP contribution in [0.3, 0.4) is 0 Å². The molecule has 0 saturated heterocycles. The van der Waals surface area contributed by atoms with Crippen LogP contribution >= 0.6 is 0 Å². The first-order valence-corrected chi connectivity index (χ1v) is 14.8. The maximum atomic E-state index is 13.7. The second-order valence-corrected chi connectivity index (χ2v) is 10.8. The molecule has 1 unspecified atom stereocenters. The lowest BCUT2D eigenvalue weighted by Crippen LogP contribution is -2.32. The molecule has 0 saturated carbocycles. The van der Waals surface area contributed by atoms with Crippen molar-refractivity contribution in [2.45, 2.75) is 52.7 Å². The number of aromatic nitrogens is 2. The van der Waals surface area contributed by atoms with Crippen LogP contribution in [0.25, 0.3) is 22.2 Å². The van der Waals surface area contributed by atoms with Gasteiger partial charge in [0.2, 0.25) is 5.60 Å². The van der Waals surface area contributed by atoms with E-state index in [4.69, 9.17) is 9.72 Å². The molecule has 0 aliphatic carbocycles. The van der Waals surface area contributed by atoms with Gasteiger partial charge in [-0.25, -0.2) is 4.79 Å². The third-order valence-corrected chi connectivity index (χ3v) is 8.43. The molecule has 2 aromatic heterocycles. The second-order valence-electron chi connectivity index (χ2n) is 10.8. The van der Waals surface area contributed by atoms with Crippen molar-refractivity contribution in [3.8, 4) is 11.3 Å². The van der Waals surface area contributed by atoms with Gasteiger partial charge in [-0.05, 0) is 68.7 Å². The highest BCUT2D eigenvalue weighted by atomic mass is 16.6. The molecule has 6 rings (SSSR count). The summed E-state index contributed by atoms with van der Waals surface area (Å²) in [4.78, 5) is 20.9. The number of ether oxygens (including phenoxy) is 1. The quantitative estimate of drug-likeness (QED) is 0.176. The summed E-state index contributed by atoms with van der Waals surface area (Å²) in [5.74, 6) is -0.343. The number of esters is 1. The minimum absolute atomic E-state index is 0.343. The van der Waals surface area contributed by atoms with Crippen molar-refractivity contribution in [3.63, 3.8) is 0 Å². The molecule has 1 atom stereocenters. The van der Waals surface area contributed by atoms with Crippen LogP contribution in [0.4, 0.5) is 5.69 Å². The highest BCUT2D eigenvalue weighted by Gasteiger charge is 2.53. The maximum Gasteiger partial charge on any atom is 0.341 e. The SMILES string of the molecule is CCCCn1c(-c2ccccc2)c(C2(c3ccc(N(CC)CC)cc3C)OC(=O)c3cccnc32)c2ccccc21. The summed E-state index contributed by atoms with van der Waals surface area (Å²) in [5.41, 5.74) is 7.38. The van der Waals surface area contributed by atoms with E-state index in [1.807, 2.05) is 18.2 Å². The van der Waals surface area contributed by atoms with E-state index in [1.54, 1.807) is 6.20 Å². The summed E-state index contributed by atoms with van der Waals surface area (Å²) in [5, 5.41) is 1.07. The van der Waals surface area contributed by atoms with Crippen molar-refractivity contribution in [1.29, 1.82) is 0 Å². The molecule has 5 heteroatoms. The Morgan fingerprint density at radius 1 is 0.902 bits per heavy atom. The van der Waals surface area contributed by atoms with Gasteiger partial charge in [-0.3, -0.25) is 4.98 Å². The Balaban J connectivity index is 1.76. The lowest BCUT2D eigenvalue weighted by Gasteiger charge is -2.32. The Bertz CT molecular complexity index is 1720. The number of carbonyl (C=O) groups excluding carboxylic acids is 1. The molecule has 208 valence electrons. The molecule has 1 aliphatic heterocycles. The fraction of sp³-hybridized carbons (Fsp3) is 0.278. The number of aryl methyl sites for hydroxylation is 2. The van der Waals surface area contributed by atoms with Gasteiger partial charge in [0.25, 0.3) is 0 Å². The van der Waals surface area contributed by atoms with E-state index >= 15 is 0 Å². The van der Waals surface area contributed by atoms with Crippen LogP contribution in [-0.4, -0.2) is 28.6 Å². The number of carbonyl (C=O) groups is 1. The fourth-order valence-corrected chi connectivity index (χ4v) is 6.51. The molecule has 3 aromatic carbocycles. The van der Waals surface area contributed by atoms with Crippen LogP contribution in [-0.2, 0) is 16.9 Å². The van der Waals surface area contributed by atoms with Gasteiger partial charge in [-0.2, -0.15) is 0 Å². The zero-order valence-electron chi connectivity index (χ0n) is 24.4. The third kappa shape index (κ3) is 4.22. The largest absolute Gasteiger partial charge is 0.439 e. The lowest BCUT2D eigenvalue weighted by atomic mass is 9.78. The number of anilines is 1. The number of nitrogens with zero attached hydrogens (tertiary/aromatic N) is 3. The number of fused-ring (bicyclic) bond motifs is 2. The van der Waals surface area contributed by atoms with E-state index in [0.717, 1.165) is 77.0 Å². The molecule has 0 amide bonds. The van der Waals surface area contributed by atoms with E-state index in [0.29, 0.717) is 11.3 Å². The standard InChI is InChI=1S/C36H37N3O2/c1-5-8-23-39-31-19-13-12-17-28(31)32(33(39)26-15-10-9-11-16-26)36(34-29(35(40)41-36)18-14-22-37-34)30-21-20-27(24-25(30)4)38(6-2)7-3/h9-22,24H,5-8,23H2,1-4H3. The summed E-state index contributed by atoms with van der Waals surface area (Å²) in [7, 11) is 0. The van der Waals surface area contributed by atoms with Gasteiger partial charge < -0.3 is 14.2 Å². The molecule has 0 spiro atoms. The fourth-order valence-electron chi connectivity index (χ4n) is 6.51. The third-order valence-electron chi connectivity index (χ3n) is 8.43. The Morgan fingerprint density at radius 3 is 2.39 bits per heavy atom. The minimum Gasteiger partial charge on any atom is -0.439 e. The highest BCUT2D eigenvalue weighted by Crippen LogP contribution is 2.53. The van der Waals surface area contributed by atoms with E-state index < -0.39 is 5.60 Å². The van der Waals surface area contributed by atoms with E-state index in [-0.39, 0.29) is 5.97 Å². The summed E-state index contributed by atoms with van der Waals surface area (Å²) < 4.78 is 9.10. The average Bonchev–Trinajstić information content (AvgIpc) is 3.50. The van der Waals surface area contributed by atoms with Gasteiger partial charge in [0.1, 0.15) is 5.69 Å². The Kier molecular flexibility index (Phi) is 7.12. The molecule has 41 heavy (non-hydrogen) atoms. The van der Waals surface area contributed by atoms with Crippen LogP contribution in [0.2, 0.25) is 0 Å². The first-order valence-electron chi connectivity index (χ1n) is 14.8. The van der Waals surface area contributed by atoms with Gasteiger partial charge in [0.05, 0.1) is 11.3 Å². The van der Waals surface area contributed by atoms with Crippen molar-refractivity contribution in [1.82, 2.24) is 9.55 Å². The molecule has 3 heterocycles. The van der Waals surface area contributed by atoms with Crippen LogP contribution in [0.15, 0.2) is 91.1 Å². The summed E-state index contributed by atoms with van der Waals surface area (Å²) in [6.07, 6.45) is 3.89. The van der Waals surface area contributed by atoms with Crippen LogP contribution < -0.4 is 4.90 Å². The van der Waals surface area contributed by atoms with Crippen molar-refractivity contribution in [3.05, 3.63) is 119 Å². The van der Waals surface area contributed by atoms with Crippen LogP contribution in [0.5, 0.6) is 0 Å². The number of pyridine rings is 1. The Labute approximate surface area is 242 Å². The van der Waals surface area contributed by atoms with Crippen molar-refractivity contribution in [2.75, 3.05) is 18.0 Å². The number of rotatable bonds is 9. The lowest BCUT2D eigenvalue weighted by molar-refractivity contribution is 0.0247. The first-order chi connectivity index (χ1) is 20.0. The number of para-hydroxylation sites is 1. The van der Waals surface area contributed by atoms with Gasteiger partial charge in [0.15, 0.2) is 0 Å². The van der Waals surface area contributed by atoms with Crippen molar-refractivity contribution < 1.29 is 9.53 Å². The number of unbranched alkanes of at least 4 members (excludes halogenated alkanes) is 1. The van der Waals surface area contributed by atoms with Crippen LogP contribution in [0, 0.1) is 6.92 Å². The normalized spacial score (nSPS) is 16.1. The van der Waals surface area contributed by atoms with Crippen molar-refractivity contribution >= 4 is 22.6 Å². The molecule has 0 N–H and O–H groups in total. The minimum atomic E-state index is -1.21. The predicted molar refractivity (Wildman–Crippen MR) is 167 cm³/mol. The van der Waals surface area contributed by atoms with Gasteiger partial charge in [-0.1, -0.05) is 67.9 Å². The molecule has 5 aromatic rings. The number of hydrogen-bond acceptors (Lipinski definition) is 4. The van der Waals surface area contributed by atoms with Gasteiger partial charge in [-0.15, -0.1) is 0 Å². The van der Waals surface area contributed by atoms with Gasteiger partial charge >= 0.3 is 5.97 Å².